The number of anilines is 1. The van der Waals surface area contributed by atoms with Crippen LogP contribution in [0, 0.1) is 11.8 Å². The van der Waals surface area contributed by atoms with Gasteiger partial charge in [-0.25, -0.2) is 0 Å². The summed E-state index contributed by atoms with van der Waals surface area (Å²) in [4.78, 5) is 41.7. The number of hydrogen-bond acceptors (Lipinski definition) is 5. The van der Waals surface area contributed by atoms with E-state index < -0.39 is 41.5 Å². The molecule has 0 saturated carbocycles. The molecule has 1 spiro atoms. The minimum Gasteiger partial charge on any atom is -0.394 e. The number of fused-ring (bicyclic) bond motifs is 1. The second-order valence-corrected chi connectivity index (χ2v) is 9.21. The van der Waals surface area contributed by atoms with E-state index in [9.17, 15) is 19.5 Å². The number of nitrogens with zero attached hydrogens (tertiary/aromatic N) is 1. The summed E-state index contributed by atoms with van der Waals surface area (Å²) in [7, 11) is 0. The first-order valence-electron chi connectivity index (χ1n) is 11.3. The van der Waals surface area contributed by atoms with Gasteiger partial charge >= 0.3 is 0 Å². The minimum atomic E-state index is -1.09. The fourth-order valence-electron chi connectivity index (χ4n) is 5.63. The molecular weight excluding hydrogens is 434 g/mol. The van der Waals surface area contributed by atoms with Crippen molar-refractivity contribution < 1.29 is 24.2 Å². The first-order valence-corrected chi connectivity index (χ1v) is 11.7. The Hall–Kier alpha value is -2.16. The van der Waals surface area contributed by atoms with Crippen LogP contribution < -0.4 is 10.6 Å². The molecule has 1 aromatic carbocycles. The molecule has 8 nitrogen and oxygen atoms in total. The number of likely N-dealkylation sites (tertiary alicyclic amines) is 1. The van der Waals surface area contributed by atoms with Gasteiger partial charge in [-0.1, -0.05) is 37.6 Å². The van der Waals surface area contributed by atoms with Gasteiger partial charge in [-0.15, -0.1) is 0 Å². The monoisotopic (exact) mass is 463 g/mol. The zero-order valence-electron chi connectivity index (χ0n) is 18.3. The topological polar surface area (TPSA) is 108 Å². The quantitative estimate of drug-likeness (QED) is 0.546. The molecule has 3 aliphatic rings. The molecule has 6 atom stereocenters. The normalized spacial score (nSPS) is 31.5. The minimum absolute atomic E-state index is 0.207. The number of para-hydroxylation sites is 1. The number of rotatable bonds is 8. The molecule has 32 heavy (non-hydrogen) atoms. The zero-order chi connectivity index (χ0) is 23.0. The Balaban J connectivity index is 1.72. The maximum absolute atomic E-state index is 13.7. The summed E-state index contributed by atoms with van der Waals surface area (Å²) in [5, 5.41) is 16.1. The van der Waals surface area contributed by atoms with Gasteiger partial charge in [0.2, 0.25) is 17.7 Å². The second kappa shape index (κ2) is 9.00. The standard InChI is InChI=1S/C23H30ClN3O5/c1-3-11-25-20(29)17-16-9-10-23(32-16)18(17)22(31)27(13(4-2)12-28)19(23)21(30)26-15-8-6-5-7-14(15)24/h5-8,13,16-19,28H,3-4,9-12H2,1-2H3,(H,25,29)(H,26,30)/t13-,16-,17+,18-,19?,23?/m0/s1. The van der Waals surface area contributed by atoms with Crippen molar-refractivity contribution in [2.45, 2.75) is 63.3 Å². The summed E-state index contributed by atoms with van der Waals surface area (Å²) in [6, 6.07) is 5.37. The fraction of sp³-hybridized carbons (Fsp3) is 0.609. The van der Waals surface area contributed by atoms with Gasteiger partial charge in [-0.05, 0) is 37.8 Å². The van der Waals surface area contributed by atoms with Crippen LogP contribution in [0.2, 0.25) is 5.02 Å². The number of ether oxygens (including phenoxy) is 1. The van der Waals surface area contributed by atoms with Gasteiger partial charge in [0.05, 0.1) is 41.3 Å². The first kappa shape index (κ1) is 23.0. The summed E-state index contributed by atoms with van der Waals surface area (Å²) < 4.78 is 6.34. The highest BCUT2D eigenvalue weighted by Gasteiger charge is 2.74. The Morgan fingerprint density at radius 2 is 2.06 bits per heavy atom. The molecular formula is C23H30ClN3O5. The third-order valence-electron chi connectivity index (χ3n) is 7.05. The van der Waals surface area contributed by atoms with Crippen LogP contribution in [0.3, 0.4) is 0 Å². The van der Waals surface area contributed by atoms with Crippen LogP contribution in [0.15, 0.2) is 24.3 Å². The lowest BCUT2D eigenvalue weighted by Gasteiger charge is -2.36. The highest BCUT2D eigenvalue weighted by Crippen LogP contribution is 2.59. The molecule has 3 heterocycles. The second-order valence-electron chi connectivity index (χ2n) is 8.81. The van der Waals surface area contributed by atoms with Crippen LogP contribution in [-0.4, -0.2) is 64.7 Å². The van der Waals surface area contributed by atoms with E-state index in [-0.39, 0.29) is 18.4 Å². The number of halogens is 1. The van der Waals surface area contributed by atoms with E-state index in [2.05, 4.69) is 10.6 Å². The van der Waals surface area contributed by atoms with E-state index in [1.807, 2.05) is 13.8 Å². The van der Waals surface area contributed by atoms with Crippen molar-refractivity contribution in [1.29, 1.82) is 0 Å². The molecule has 0 radical (unpaired) electrons. The van der Waals surface area contributed by atoms with Crippen molar-refractivity contribution in [3.8, 4) is 0 Å². The van der Waals surface area contributed by atoms with Gasteiger partial charge in [0, 0.05) is 6.54 Å². The number of carbonyl (C=O) groups excluding carboxylic acids is 3. The largest absolute Gasteiger partial charge is 0.394 e. The first-order chi connectivity index (χ1) is 15.4. The number of benzene rings is 1. The lowest BCUT2D eigenvalue weighted by molar-refractivity contribution is -0.144. The van der Waals surface area contributed by atoms with Crippen LogP contribution in [0.4, 0.5) is 5.69 Å². The van der Waals surface area contributed by atoms with Gasteiger partial charge in [-0.3, -0.25) is 14.4 Å². The average Bonchev–Trinajstić information content (AvgIpc) is 3.42. The smallest absolute Gasteiger partial charge is 0.250 e. The Kier molecular flexibility index (Phi) is 6.47. The molecule has 4 rings (SSSR count). The number of hydrogen-bond donors (Lipinski definition) is 3. The highest BCUT2D eigenvalue weighted by molar-refractivity contribution is 6.33. The van der Waals surface area contributed by atoms with Crippen molar-refractivity contribution >= 4 is 35.0 Å². The predicted octanol–water partition coefficient (Wildman–Crippen LogP) is 1.95. The summed E-state index contributed by atoms with van der Waals surface area (Å²) in [6.45, 7) is 4.05. The molecule has 3 saturated heterocycles. The Labute approximate surface area is 192 Å². The maximum atomic E-state index is 13.7. The van der Waals surface area contributed by atoms with Crippen molar-refractivity contribution in [2.75, 3.05) is 18.5 Å². The number of aliphatic hydroxyl groups excluding tert-OH is 1. The van der Waals surface area contributed by atoms with Crippen molar-refractivity contribution in [3.63, 3.8) is 0 Å². The van der Waals surface area contributed by atoms with E-state index in [1.54, 1.807) is 24.3 Å². The number of carbonyl (C=O) groups is 3. The molecule has 3 fully saturated rings. The maximum Gasteiger partial charge on any atom is 0.250 e. The van der Waals surface area contributed by atoms with E-state index in [0.717, 1.165) is 6.42 Å². The Morgan fingerprint density at radius 3 is 2.72 bits per heavy atom. The zero-order valence-corrected chi connectivity index (χ0v) is 19.1. The van der Waals surface area contributed by atoms with Gasteiger partial charge in [0.1, 0.15) is 11.6 Å². The number of aliphatic hydroxyl groups is 1. The molecule has 2 bridgehead atoms. The molecule has 1 aromatic rings. The third kappa shape index (κ3) is 3.49. The molecule has 9 heteroatoms. The van der Waals surface area contributed by atoms with Crippen LogP contribution in [0.5, 0.6) is 0 Å². The van der Waals surface area contributed by atoms with Crippen LogP contribution in [0.25, 0.3) is 0 Å². The van der Waals surface area contributed by atoms with Gasteiger partial charge in [0.15, 0.2) is 0 Å². The van der Waals surface area contributed by atoms with Crippen molar-refractivity contribution in [1.82, 2.24) is 10.2 Å². The molecule has 0 aromatic heterocycles. The van der Waals surface area contributed by atoms with Crippen LogP contribution >= 0.6 is 11.6 Å². The van der Waals surface area contributed by atoms with E-state index >= 15 is 0 Å². The van der Waals surface area contributed by atoms with Crippen LogP contribution in [-0.2, 0) is 19.1 Å². The molecule has 3 amide bonds. The molecule has 3 N–H and O–H groups in total. The SMILES string of the molecule is CCCNC(=O)[C@@H]1[C@@H]2CCC3(O2)C(C(=O)Nc2ccccc2Cl)N([C@@H](CC)CO)C(=O)[C@H]13. The summed E-state index contributed by atoms with van der Waals surface area (Å²) >= 11 is 6.24. The van der Waals surface area contributed by atoms with E-state index in [0.29, 0.717) is 36.5 Å². The highest BCUT2D eigenvalue weighted by atomic mass is 35.5. The van der Waals surface area contributed by atoms with Gasteiger partial charge in [0.25, 0.3) is 0 Å². The van der Waals surface area contributed by atoms with Crippen molar-refractivity contribution in [3.05, 3.63) is 29.3 Å². The fourth-order valence-corrected chi connectivity index (χ4v) is 5.81. The number of amides is 3. The number of nitrogens with one attached hydrogen (secondary N) is 2. The summed E-state index contributed by atoms with van der Waals surface area (Å²) in [6.07, 6.45) is 1.97. The third-order valence-corrected chi connectivity index (χ3v) is 7.38. The molecule has 174 valence electrons. The Morgan fingerprint density at radius 1 is 1.31 bits per heavy atom. The van der Waals surface area contributed by atoms with Crippen molar-refractivity contribution in [2.24, 2.45) is 11.8 Å². The van der Waals surface area contributed by atoms with Gasteiger partial charge in [-0.2, -0.15) is 0 Å². The van der Waals surface area contributed by atoms with E-state index in [1.165, 1.54) is 4.90 Å². The molecule has 3 aliphatic heterocycles. The van der Waals surface area contributed by atoms with Gasteiger partial charge < -0.3 is 25.4 Å². The molecule has 2 unspecified atom stereocenters. The summed E-state index contributed by atoms with van der Waals surface area (Å²) in [5.74, 6) is -2.32. The van der Waals surface area contributed by atoms with E-state index in [4.69, 9.17) is 16.3 Å². The predicted molar refractivity (Wildman–Crippen MR) is 119 cm³/mol. The lowest BCUT2D eigenvalue weighted by Crippen LogP contribution is -2.56. The lowest BCUT2D eigenvalue weighted by atomic mass is 9.70. The summed E-state index contributed by atoms with van der Waals surface area (Å²) in [5.41, 5.74) is -0.655. The molecule has 0 aliphatic carbocycles. The Bertz CT molecular complexity index is 907. The van der Waals surface area contributed by atoms with Crippen LogP contribution in [0.1, 0.15) is 39.5 Å². The average molecular weight is 464 g/mol.